The predicted octanol–water partition coefficient (Wildman–Crippen LogP) is 0.904. The van der Waals surface area contributed by atoms with Gasteiger partial charge in [-0.2, -0.15) is 11.8 Å². The number of carboxylic acids is 1. The largest absolute Gasteiger partial charge is 0.480 e. The van der Waals surface area contributed by atoms with Crippen molar-refractivity contribution >= 4 is 23.8 Å². The number of carbonyl (C=O) groups is 2. The van der Waals surface area contributed by atoms with Crippen LogP contribution < -0.4 is 10.6 Å². The molecule has 0 aliphatic heterocycles. The Morgan fingerprint density at radius 1 is 1.53 bits per heavy atom. The molecule has 6 heteroatoms. The highest BCUT2D eigenvalue weighted by Gasteiger charge is 2.22. The van der Waals surface area contributed by atoms with E-state index in [1.54, 1.807) is 13.8 Å². The quantitative estimate of drug-likeness (QED) is 0.619. The van der Waals surface area contributed by atoms with Gasteiger partial charge in [0.1, 0.15) is 6.04 Å². The lowest BCUT2D eigenvalue weighted by atomic mass is 10.1. The molecule has 0 fully saturated rings. The van der Waals surface area contributed by atoms with E-state index in [1.165, 1.54) is 11.8 Å². The lowest BCUT2D eigenvalue weighted by Gasteiger charge is -2.22. The third-order valence-corrected chi connectivity index (χ3v) is 2.64. The summed E-state index contributed by atoms with van der Waals surface area (Å²) in [6.45, 7) is 3.31. The van der Waals surface area contributed by atoms with Crippen molar-refractivity contribution in [2.45, 2.75) is 31.8 Å². The Kier molecular flexibility index (Phi) is 6.51. The average Bonchev–Trinajstić information content (AvgIpc) is 2.23. The van der Waals surface area contributed by atoms with Gasteiger partial charge in [0.2, 0.25) is 0 Å². The van der Waals surface area contributed by atoms with Gasteiger partial charge < -0.3 is 15.7 Å². The molecule has 0 aliphatic carbocycles. The van der Waals surface area contributed by atoms with Crippen LogP contribution in [0.2, 0.25) is 0 Å². The van der Waals surface area contributed by atoms with Crippen LogP contribution >= 0.6 is 11.8 Å². The van der Waals surface area contributed by atoms with Crippen LogP contribution in [0.3, 0.4) is 0 Å². The van der Waals surface area contributed by atoms with Crippen LogP contribution in [0.1, 0.15) is 20.3 Å². The molecule has 0 rings (SSSR count). The fourth-order valence-corrected chi connectivity index (χ4v) is 1.48. The summed E-state index contributed by atoms with van der Waals surface area (Å²) in [5.74, 6) is 2.01. The third kappa shape index (κ3) is 6.74. The molecular formula is C11H18N2O3S. The summed E-state index contributed by atoms with van der Waals surface area (Å²) in [5.41, 5.74) is -0.799. The molecule has 3 N–H and O–H groups in total. The van der Waals surface area contributed by atoms with Crippen LogP contribution in [0.5, 0.6) is 0 Å². The van der Waals surface area contributed by atoms with Gasteiger partial charge in [0.15, 0.2) is 0 Å². The Morgan fingerprint density at radius 3 is 2.53 bits per heavy atom. The molecule has 2 amide bonds. The average molecular weight is 258 g/mol. The zero-order valence-electron chi connectivity index (χ0n) is 10.2. The first-order valence-electron chi connectivity index (χ1n) is 5.10. The second kappa shape index (κ2) is 7.07. The van der Waals surface area contributed by atoms with Gasteiger partial charge in [0, 0.05) is 0 Å². The number of rotatable bonds is 6. The Labute approximate surface area is 106 Å². The molecule has 0 radical (unpaired) electrons. The maximum absolute atomic E-state index is 11.5. The fraction of sp³-hybridized carbons (Fsp3) is 0.636. The van der Waals surface area contributed by atoms with E-state index in [0.717, 1.165) is 0 Å². The fourth-order valence-electron chi connectivity index (χ4n) is 1.01. The molecule has 17 heavy (non-hydrogen) atoms. The SMILES string of the molecule is C#CC(C)(C)NC(=O)N[C@@H](CCSC)C(=O)O. The summed E-state index contributed by atoms with van der Waals surface area (Å²) in [4.78, 5) is 22.4. The standard InChI is InChI=1S/C11H18N2O3S/c1-5-11(2,3)13-10(16)12-8(9(14)15)6-7-17-4/h1,8H,6-7H2,2-4H3,(H,14,15)(H2,12,13,16)/t8-/m0/s1. The van der Waals surface area contributed by atoms with Gasteiger partial charge in [0.25, 0.3) is 0 Å². The number of urea groups is 1. The number of aliphatic carboxylic acids is 1. The molecule has 0 saturated carbocycles. The summed E-state index contributed by atoms with van der Waals surface area (Å²) in [6.07, 6.45) is 7.46. The Hall–Kier alpha value is -1.35. The first-order chi connectivity index (χ1) is 7.82. The monoisotopic (exact) mass is 258 g/mol. The number of carboxylic acid groups (broad SMARTS) is 1. The first kappa shape index (κ1) is 15.7. The second-order valence-corrected chi connectivity index (χ2v) is 5.03. The Balaban J connectivity index is 4.32. The molecule has 0 saturated heterocycles. The summed E-state index contributed by atoms with van der Waals surface area (Å²) in [7, 11) is 0. The molecule has 0 aromatic heterocycles. The van der Waals surface area contributed by atoms with Crippen molar-refractivity contribution < 1.29 is 14.7 Å². The molecule has 0 bridgehead atoms. The number of terminal acetylenes is 1. The van der Waals surface area contributed by atoms with Gasteiger partial charge in [-0.25, -0.2) is 9.59 Å². The van der Waals surface area contributed by atoms with Gasteiger partial charge in [-0.3, -0.25) is 0 Å². The number of hydrogen-bond donors (Lipinski definition) is 3. The van der Waals surface area contributed by atoms with E-state index in [-0.39, 0.29) is 0 Å². The highest BCUT2D eigenvalue weighted by Crippen LogP contribution is 2.02. The van der Waals surface area contributed by atoms with Crippen molar-refractivity contribution in [3.8, 4) is 12.3 Å². The molecule has 1 atom stereocenters. The van der Waals surface area contributed by atoms with Crippen LogP contribution in [-0.2, 0) is 4.79 Å². The minimum absolute atomic E-state index is 0.375. The molecule has 0 aromatic rings. The maximum Gasteiger partial charge on any atom is 0.326 e. The number of thioether (sulfide) groups is 1. The van der Waals surface area contributed by atoms with Crippen molar-refractivity contribution in [3.05, 3.63) is 0 Å². The lowest BCUT2D eigenvalue weighted by molar-refractivity contribution is -0.139. The second-order valence-electron chi connectivity index (χ2n) is 4.04. The van der Waals surface area contributed by atoms with Gasteiger partial charge in [-0.15, -0.1) is 6.42 Å². The third-order valence-electron chi connectivity index (χ3n) is 2.00. The number of carbonyl (C=O) groups excluding carboxylic acids is 1. The van der Waals surface area contributed by atoms with Gasteiger partial charge in [-0.05, 0) is 32.3 Å². The van der Waals surface area contributed by atoms with E-state index in [2.05, 4.69) is 16.6 Å². The topological polar surface area (TPSA) is 78.4 Å². The zero-order chi connectivity index (χ0) is 13.5. The van der Waals surface area contributed by atoms with E-state index >= 15 is 0 Å². The summed E-state index contributed by atoms with van der Waals surface area (Å²) in [5, 5.41) is 13.8. The maximum atomic E-state index is 11.5. The van der Waals surface area contributed by atoms with Crippen LogP contribution in [0, 0.1) is 12.3 Å². The number of amides is 2. The van der Waals surface area contributed by atoms with Crippen molar-refractivity contribution in [2.75, 3.05) is 12.0 Å². The molecular weight excluding hydrogens is 240 g/mol. The minimum atomic E-state index is -1.05. The van der Waals surface area contributed by atoms with Crippen LogP contribution in [0.15, 0.2) is 0 Å². The number of hydrogen-bond acceptors (Lipinski definition) is 3. The summed E-state index contributed by atoms with van der Waals surface area (Å²) >= 11 is 1.52. The normalized spacial score (nSPS) is 12.4. The summed E-state index contributed by atoms with van der Waals surface area (Å²) in [6, 6.07) is -1.46. The van der Waals surface area contributed by atoms with Crippen molar-refractivity contribution in [1.29, 1.82) is 0 Å². The van der Waals surface area contributed by atoms with E-state index < -0.39 is 23.6 Å². The highest BCUT2D eigenvalue weighted by atomic mass is 32.2. The van der Waals surface area contributed by atoms with Gasteiger partial charge in [-0.1, -0.05) is 5.92 Å². The predicted molar refractivity (Wildman–Crippen MR) is 69.0 cm³/mol. The van der Waals surface area contributed by atoms with Crippen LogP contribution in [0.25, 0.3) is 0 Å². The van der Waals surface area contributed by atoms with E-state index in [0.29, 0.717) is 12.2 Å². The first-order valence-corrected chi connectivity index (χ1v) is 6.50. The molecule has 0 aliphatic rings. The van der Waals surface area contributed by atoms with Crippen molar-refractivity contribution in [3.63, 3.8) is 0 Å². The molecule has 96 valence electrons. The van der Waals surface area contributed by atoms with Gasteiger partial charge >= 0.3 is 12.0 Å². The van der Waals surface area contributed by atoms with Crippen molar-refractivity contribution in [1.82, 2.24) is 10.6 Å². The molecule has 5 nitrogen and oxygen atoms in total. The van der Waals surface area contributed by atoms with E-state index in [1.807, 2.05) is 6.26 Å². The molecule has 0 unspecified atom stereocenters. The zero-order valence-corrected chi connectivity index (χ0v) is 11.1. The van der Waals surface area contributed by atoms with Crippen LogP contribution in [0.4, 0.5) is 4.79 Å². The van der Waals surface area contributed by atoms with Crippen LogP contribution in [-0.4, -0.2) is 40.7 Å². The van der Waals surface area contributed by atoms with E-state index in [4.69, 9.17) is 11.5 Å². The summed E-state index contributed by atoms with van der Waals surface area (Å²) < 4.78 is 0. The molecule has 0 spiro atoms. The minimum Gasteiger partial charge on any atom is -0.480 e. The lowest BCUT2D eigenvalue weighted by Crippen LogP contribution is -2.52. The van der Waals surface area contributed by atoms with E-state index in [9.17, 15) is 9.59 Å². The Morgan fingerprint density at radius 2 is 2.12 bits per heavy atom. The van der Waals surface area contributed by atoms with Crippen molar-refractivity contribution in [2.24, 2.45) is 0 Å². The highest BCUT2D eigenvalue weighted by molar-refractivity contribution is 7.98. The molecule has 0 aromatic carbocycles. The Bertz CT molecular complexity index is 323. The van der Waals surface area contributed by atoms with Gasteiger partial charge in [0.05, 0.1) is 5.54 Å². The molecule has 0 heterocycles. The smallest absolute Gasteiger partial charge is 0.326 e. The number of nitrogens with one attached hydrogen (secondary N) is 2.